The molecule has 0 saturated carbocycles. The van der Waals surface area contributed by atoms with Crippen molar-refractivity contribution in [1.29, 1.82) is 0 Å². The fourth-order valence-corrected chi connectivity index (χ4v) is 13.2. The second-order valence-corrected chi connectivity index (χ2v) is 29.9. The summed E-state index contributed by atoms with van der Waals surface area (Å²) in [6.45, 7) is 4.95. The van der Waals surface area contributed by atoms with E-state index in [2.05, 4.69) is 27.7 Å². The summed E-state index contributed by atoms with van der Waals surface area (Å²) in [6, 6.07) is 0. The lowest BCUT2D eigenvalue weighted by Gasteiger charge is -2.21. The minimum absolute atomic E-state index is 0.108. The van der Waals surface area contributed by atoms with Crippen LogP contribution in [0.15, 0.2) is 0 Å². The maximum Gasteiger partial charge on any atom is 0.472 e. The van der Waals surface area contributed by atoms with Crippen LogP contribution in [-0.2, 0) is 65.4 Å². The van der Waals surface area contributed by atoms with Crippen molar-refractivity contribution in [2.75, 3.05) is 39.6 Å². The lowest BCUT2D eigenvalue weighted by Crippen LogP contribution is -2.30. The van der Waals surface area contributed by atoms with E-state index in [1.165, 1.54) is 218 Å². The largest absolute Gasteiger partial charge is 0.472 e. The predicted molar refractivity (Wildman–Crippen MR) is 382 cm³/mol. The summed E-state index contributed by atoms with van der Waals surface area (Å²) in [5.41, 5.74) is 0. The monoisotopic (exact) mass is 1380 g/mol. The Kier molecular flexibility index (Phi) is 68.1. The van der Waals surface area contributed by atoms with Crippen LogP contribution in [0.25, 0.3) is 0 Å². The molecule has 0 aliphatic heterocycles. The first-order valence-corrected chi connectivity index (χ1v) is 42.3. The molecule has 0 saturated heterocycles. The SMILES string of the molecule is CCCCCCCCCCCCCCCCCCCC(=O)O[C@H](COC(=O)CCCCCCCCCCCCCCCCC)COP(=O)(O)OC[C@@H](O)COP(=O)(O)OC[C@@H](COC(=O)CCCCCCCCC)OC(=O)CCCCCCCCCCCCCCCCC. The summed E-state index contributed by atoms with van der Waals surface area (Å²) in [5.74, 6) is -2.12. The Balaban J connectivity index is 5.19. The van der Waals surface area contributed by atoms with Crippen LogP contribution in [0.5, 0.6) is 0 Å². The second-order valence-electron chi connectivity index (χ2n) is 27.0. The van der Waals surface area contributed by atoms with Gasteiger partial charge in [0, 0.05) is 25.7 Å². The van der Waals surface area contributed by atoms with Gasteiger partial charge in [0.15, 0.2) is 12.2 Å². The van der Waals surface area contributed by atoms with Crippen molar-refractivity contribution in [2.45, 2.75) is 418 Å². The zero-order valence-corrected chi connectivity index (χ0v) is 62.7. The van der Waals surface area contributed by atoms with E-state index < -0.39 is 97.5 Å². The van der Waals surface area contributed by atoms with Crippen LogP contribution >= 0.6 is 15.6 Å². The molecule has 0 radical (unpaired) electrons. The zero-order valence-electron chi connectivity index (χ0n) is 60.9. The molecule has 0 heterocycles. The highest BCUT2D eigenvalue weighted by Crippen LogP contribution is 2.45. The van der Waals surface area contributed by atoms with Gasteiger partial charge in [0.1, 0.15) is 19.3 Å². The summed E-state index contributed by atoms with van der Waals surface area (Å²) < 4.78 is 68.4. The van der Waals surface area contributed by atoms with Gasteiger partial charge in [0.05, 0.1) is 26.4 Å². The molecule has 94 heavy (non-hydrogen) atoms. The number of carbonyl (C=O) groups excluding carboxylic acids is 4. The Morgan fingerprint density at radius 1 is 0.255 bits per heavy atom. The van der Waals surface area contributed by atoms with Gasteiger partial charge in [-0.15, -0.1) is 0 Å². The van der Waals surface area contributed by atoms with E-state index in [9.17, 15) is 43.2 Å². The Labute approximate surface area is 575 Å². The molecule has 0 aromatic heterocycles. The number of aliphatic hydroxyl groups excluding tert-OH is 1. The molecular formula is C75H146O17P2. The minimum atomic E-state index is -4.95. The van der Waals surface area contributed by atoms with Crippen molar-refractivity contribution < 1.29 is 80.2 Å². The molecule has 0 aliphatic rings. The first-order valence-electron chi connectivity index (χ1n) is 39.3. The average Bonchev–Trinajstić information content (AvgIpc) is 1.78. The van der Waals surface area contributed by atoms with Crippen molar-refractivity contribution in [1.82, 2.24) is 0 Å². The normalized spacial score (nSPS) is 13.9. The number of esters is 4. The lowest BCUT2D eigenvalue weighted by atomic mass is 10.0. The highest BCUT2D eigenvalue weighted by atomic mass is 31.2. The van der Waals surface area contributed by atoms with Gasteiger partial charge in [0.25, 0.3) is 0 Å². The van der Waals surface area contributed by atoms with Gasteiger partial charge in [-0.05, 0) is 25.7 Å². The maximum absolute atomic E-state index is 13.1. The fraction of sp³-hybridized carbons (Fsp3) is 0.947. The quantitative estimate of drug-likeness (QED) is 0.0222. The molecule has 17 nitrogen and oxygen atoms in total. The van der Waals surface area contributed by atoms with E-state index in [0.717, 1.165) is 103 Å². The minimum Gasteiger partial charge on any atom is -0.462 e. The summed E-state index contributed by atoms with van der Waals surface area (Å²) in [5, 5.41) is 10.6. The third kappa shape index (κ3) is 68.6. The summed E-state index contributed by atoms with van der Waals surface area (Å²) in [6.07, 6.45) is 59.7. The standard InChI is InChI=1S/C75H146O17P2/c1-5-9-13-17-21-24-27-30-33-34-37-40-43-46-50-54-58-62-75(80)92-71(66-86-73(78)60-56-52-48-44-41-38-35-31-28-25-22-18-14-10-6-2)68-90-94(83,84)88-64-69(76)63-87-93(81,82)89-67-70(65-85-72(77)59-55-51-47-20-16-12-8-4)91-74(79)61-57-53-49-45-42-39-36-32-29-26-23-19-15-11-7-3/h69-71,76H,5-68H2,1-4H3,(H,81,82)(H,83,84)/t69-,70+,71+/m0/s1. The van der Waals surface area contributed by atoms with Crippen molar-refractivity contribution in [3.63, 3.8) is 0 Å². The van der Waals surface area contributed by atoms with Crippen LogP contribution in [0.3, 0.4) is 0 Å². The smallest absolute Gasteiger partial charge is 0.462 e. The topological polar surface area (TPSA) is 237 Å². The van der Waals surface area contributed by atoms with Crippen molar-refractivity contribution in [2.24, 2.45) is 0 Å². The maximum atomic E-state index is 13.1. The van der Waals surface area contributed by atoms with Crippen LogP contribution in [0.2, 0.25) is 0 Å². The molecule has 2 unspecified atom stereocenters. The average molecular weight is 1380 g/mol. The van der Waals surface area contributed by atoms with Gasteiger partial charge in [-0.25, -0.2) is 9.13 Å². The van der Waals surface area contributed by atoms with Crippen LogP contribution < -0.4 is 0 Å². The first kappa shape index (κ1) is 92.1. The van der Waals surface area contributed by atoms with Crippen LogP contribution in [0.1, 0.15) is 400 Å². The number of unbranched alkanes of at least 4 members (excludes halogenated alkanes) is 50. The van der Waals surface area contributed by atoms with Crippen molar-refractivity contribution in [3.05, 3.63) is 0 Å². The van der Waals surface area contributed by atoms with Crippen molar-refractivity contribution >= 4 is 39.5 Å². The number of hydrogen-bond acceptors (Lipinski definition) is 15. The molecule has 0 amide bonds. The third-order valence-corrected chi connectivity index (χ3v) is 19.5. The second kappa shape index (κ2) is 69.5. The Hall–Kier alpha value is -1.94. The van der Waals surface area contributed by atoms with Crippen LogP contribution in [0, 0.1) is 0 Å². The summed E-state index contributed by atoms with van der Waals surface area (Å²) in [4.78, 5) is 72.7. The van der Waals surface area contributed by atoms with E-state index in [-0.39, 0.29) is 25.7 Å². The number of hydrogen-bond donors (Lipinski definition) is 3. The third-order valence-electron chi connectivity index (χ3n) is 17.6. The molecule has 558 valence electrons. The van der Waals surface area contributed by atoms with Crippen LogP contribution in [0.4, 0.5) is 0 Å². The van der Waals surface area contributed by atoms with Gasteiger partial charge in [-0.3, -0.25) is 37.3 Å². The van der Waals surface area contributed by atoms with Gasteiger partial charge < -0.3 is 33.8 Å². The highest BCUT2D eigenvalue weighted by Gasteiger charge is 2.30. The number of phosphoric ester groups is 2. The molecule has 0 aromatic carbocycles. The lowest BCUT2D eigenvalue weighted by molar-refractivity contribution is -0.161. The number of carbonyl (C=O) groups is 4. The molecule has 0 fully saturated rings. The van der Waals surface area contributed by atoms with Gasteiger partial charge in [-0.2, -0.15) is 0 Å². The Bertz CT molecular complexity index is 1790. The Morgan fingerprint density at radius 2 is 0.426 bits per heavy atom. The van der Waals surface area contributed by atoms with E-state index >= 15 is 0 Å². The van der Waals surface area contributed by atoms with Gasteiger partial charge in [0.2, 0.25) is 0 Å². The molecule has 0 aliphatic carbocycles. The van der Waals surface area contributed by atoms with Gasteiger partial charge >= 0.3 is 39.5 Å². The molecule has 0 spiro atoms. The number of rotatable bonds is 76. The summed E-state index contributed by atoms with van der Waals surface area (Å²) in [7, 11) is -9.90. The molecule has 0 aromatic rings. The molecule has 0 bridgehead atoms. The first-order chi connectivity index (χ1) is 45.7. The number of ether oxygens (including phenoxy) is 4. The van der Waals surface area contributed by atoms with E-state index in [1.54, 1.807) is 0 Å². The molecule has 5 atom stereocenters. The molecule has 0 rings (SSSR count). The van der Waals surface area contributed by atoms with E-state index in [4.69, 9.17) is 37.0 Å². The Morgan fingerprint density at radius 3 is 0.628 bits per heavy atom. The molecular weight excluding hydrogens is 1230 g/mol. The van der Waals surface area contributed by atoms with E-state index in [1.807, 2.05) is 0 Å². The van der Waals surface area contributed by atoms with Crippen molar-refractivity contribution in [3.8, 4) is 0 Å². The fourth-order valence-electron chi connectivity index (χ4n) is 11.6. The molecule has 3 N–H and O–H groups in total. The number of aliphatic hydroxyl groups is 1. The van der Waals surface area contributed by atoms with E-state index in [0.29, 0.717) is 25.7 Å². The van der Waals surface area contributed by atoms with Crippen LogP contribution in [-0.4, -0.2) is 96.7 Å². The highest BCUT2D eigenvalue weighted by molar-refractivity contribution is 7.47. The molecule has 19 heteroatoms. The van der Waals surface area contributed by atoms with Gasteiger partial charge in [-0.1, -0.05) is 349 Å². The zero-order chi connectivity index (χ0) is 69.0. The predicted octanol–water partition coefficient (Wildman–Crippen LogP) is 22.2. The number of phosphoric acid groups is 2. The summed E-state index contributed by atoms with van der Waals surface area (Å²) >= 11 is 0.